The molecule has 0 aliphatic heterocycles. The van der Waals surface area contributed by atoms with E-state index in [0.29, 0.717) is 0 Å². The van der Waals surface area contributed by atoms with Crippen LogP contribution in [0.1, 0.15) is 30.7 Å². The van der Waals surface area contributed by atoms with Gasteiger partial charge in [-0.3, -0.25) is 4.79 Å². The number of hydrogen-bond acceptors (Lipinski definition) is 2. The Balaban J connectivity index is 2.67. The van der Waals surface area contributed by atoms with Crippen molar-refractivity contribution in [2.24, 2.45) is 0 Å². The van der Waals surface area contributed by atoms with Gasteiger partial charge >= 0.3 is 0 Å². The molecular formula is C14H20ClNO2. The lowest BCUT2D eigenvalue weighted by Gasteiger charge is -2.20. The van der Waals surface area contributed by atoms with Crippen LogP contribution in [0.15, 0.2) is 24.3 Å². The maximum Gasteiger partial charge on any atom is 0.244 e. The Labute approximate surface area is 114 Å². The van der Waals surface area contributed by atoms with Crippen LogP contribution in [-0.2, 0) is 4.79 Å². The van der Waals surface area contributed by atoms with E-state index in [1.807, 2.05) is 24.3 Å². The van der Waals surface area contributed by atoms with Crippen molar-refractivity contribution < 1.29 is 9.53 Å². The third kappa shape index (κ3) is 3.91. The van der Waals surface area contributed by atoms with Crippen LogP contribution in [0.25, 0.3) is 0 Å². The summed E-state index contributed by atoms with van der Waals surface area (Å²) < 4.78 is 5.07. The molecule has 0 aromatic heterocycles. The van der Waals surface area contributed by atoms with E-state index in [2.05, 4.69) is 6.92 Å². The number of alkyl halides is 1. The first kappa shape index (κ1) is 14.8. The minimum absolute atomic E-state index is 0.0599. The van der Waals surface area contributed by atoms with Gasteiger partial charge in [-0.2, -0.15) is 0 Å². The molecule has 1 atom stereocenters. The average Bonchev–Trinajstić information content (AvgIpc) is 2.43. The van der Waals surface area contributed by atoms with Crippen LogP contribution in [0.3, 0.4) is 0 Å². The summed E-state index contributed by atoms with van der Waals surface area (Å²) in [5, 5.41) is -0.627. The molecule has 1 unspecified atom stereocenters. The topological polar surface area (TPSA) is 29.5 Å². The molecule has 0 fully saturated rings. The van der Waals surface area contributed by atoms with Crippen LogP contribution in [0.5, 0.6) is 5.75 Å². The molecule has 100 valence electrons. The summed E-state index contributed by atoms with van der Waals surface area (Å²) >= 11 is 6.19. The molecule has 0 aliphatic rings. The summed E-state index contributed by atoms with van der Waals surface area (Å²) in [6.07, 6.45) is 2.06. The second kappa shape index (κ2) is 7.27. The smallest absolute Gasteiger partial charge is 0.244 e. The number of methoxy groups -OCH3 is 1. The van der Waals surface area contributed by atoms with Crippen molar-refractivity contribution in [2.45, 2.75) is 25.1 Å². The highest BCUT2D eigenvalue weighted by Crippen LogP contribution is 2.24. The van der Waals surface area contributed by atoms with Crippen LogP contribution in [0.4, 0.5) is 0 Å². The molecule has 0 heterocycles. The molecule has 0 saturated heterocycles. The summed E-state index contributed by atoms with van der Waals surface area (Å²) in [4.78, 5) is 13.8. The molecule has 0 bridgehead atoms. The Kier molecular flexibility index (Phi) is 5.99. The molecule has 0 saturated carbocycles. The van der Waals surface area contributed by atoms with Crippen molar-refractivity contribution in [3.05, 3.63) is 29.8 Å². The van der Waals surface area contributed by atoms with Gasteiger partial charge in [0.05, 0.1) is 7.11 Å². The van der Waals surface area contributed by atoms with Gasteiger partial charge in [-0.25, -0.2) is 0 Å². The highest BCUT2D eigenvalue weighted by molar-refractivity contribution is 6.30. The zero-order valence-electron chi connectivity index (χ0n) is 11.1. The normalized spacial score (nSPS) is 12.0. The Hall–Kier alpha value is -1.22. The number of likely N-dealkylation sites (N-methyl/N-ethyl adjacent to an activating group) is 1. The Morgan fingerprint density at radius 3 is 2.50 bits per heavy atom. The molecule has 1 rings (SSSR count). The van der Waals surface area contributed by atoms with Gasteiger partial charge in [0.15, 0.2) is 0 Å². The minimum Gasteiger partial charge on any atom is -0.497 e. The maximum absolute atomic E-state index is 12.1. The van der Waals surface area contributed by atoms with Gasteiger partial charge in [0.2, 0.25) is 5.91 Å². The summed E-state index contributed by atoms with van der Waals surface area (Å²) in [5.41, 5.74) is 0.797. The molecule has 0 spiro atoms. The predicted molar refractivity (Wildman–Crippen MR) is 74.1 cm³/mol. The first-order valence-corrected chi connectivity index (χ1v) is 6.56. The maximum atomic E-state index is 12.1. The summed E-state index contributed by atoms with van der Waals surface area (Å²) in [7, 11) is 3.40. The second-order valence-electron chi connectivity index (χ2n) is 4.25. The van der Waals surface area contributed by atoms with Crippen molar-refractivity contribution in [3.8, 4) is 5.75 Å². The standard InChI is InChI=1S/C14H20ClNO2/c1-4-5-10-16(2)14(17)13(15)11-6-8-12(18-3)9-7-11/h6-9,13H,4-5,10H2,1-3H3. The monoisotopic (exact) mass is 269 g/mol. The van der Waals surface area contributed by atoms with E-state index in [0.717, 1.165) is 30.7 Å². The lowest BCUT2D eigenvalue weighted by atomic mass is 10.1. The van der Waals surface area contributed by atoms with Crippen molar-refractivity contribution in [1.82, 2.24) is 4.90 Å². The molecule has 4 heteroatoms. The number of rotatable bonds is 6. The fourth-order valence-corrected chi connectivity index (χ4v) is 1.93. The number of ether oxygens (including phenoxy) is 1. The molecular weight excluding hydrogens is 250 g/mol. The van der Waals surface area contributed by atoms with Crippen LogP contribution in [0, 0.1) is 0 Å². The highest BCUT2D eigenvalue weighted by atomic mass is 35.5. The van der Waals surface area contributed by atoms with E-state index in [9.17, 15) is 4.79 Å². The van der Waals surface area contributed by atoms with Crippen LogP contribution in [-0.4, -0.2) is 31.5 Å². The first-order chi connectivity index (χ1) is 8.60. The molecule has 0 N–H and O–H groups in total. The largest absolute Gasteiger partial charge is 0.497 e. The number of amides is 1. The predicted octanol–water partition coefficient (Wildman–Crippen LogP) is 3.23. The van der Waals surface area contributed by atoms with Gasteiger partial charge < -0.3 is 9.64 Å². The van der Waals surface area contributed by atoms with Gasteiger partial charge in [-0.1, -0.05) is 25.5 Å². The lowest BCUT2D eigenvalue weighted by Crippen LogP contribution is -2.30. The van der Waals surface area contributed by atoms with Gasteiger partial charge in [0, 0.05) is 13.6 Å². The highest BCUT2D eigenvalue weighted by Gasteiger charge is 2.20. The van der Waals surface area contributed by atoms with Gasteiger partial charge in [-0.15, -0.1) is 11.6 Å². The molecule has 18 heavy (non-hydrogen) atoms. The number of benzene rings is 1. The van der Waals surface area contributed by atoms with Crippen molar-refractivity contribution in [3.63, 3.8) is 0 Å². The molecule has 1 aromatic rings. The van der Waals surface area contributed by atoms with E-state index in [1.54, 1.807) is 19.1 Å². The fraction of sp³-hybridized carbons (Fsp3) is 0.500. The van der Waals surface area contributed by atoms with E-state index in [4.69, 9.17) is 16.3 Å². The first-order valence-electron chi connectivity index (χ1n) is 6.13. The number of hydrogen-bond donors (Lipinski definition) is 0. The third-order valence-electron chi connectivity index (χ3n) is 2.85. The number of carbonyl (C=O) groups excluding carboxylic acids is 1. The van der Waals surface area contributed by atoms with Crippen LogP contribution >= 0.6 is 11.6 Å². The van der Waals surface area contributed by atoms with Crippen LogP contribution in [0.2, 0.25) is 0 Å². The minimum atomic E-state index is -0.627. The fourth-order valence-electron chi connectivity index (χ4n) is 1.61. The van der Waals surface area contributed by atoms with Crippen molar-refractivity contribution >= 4 is 17.5 Å². The Morgan fingerprint density at radius 2 is 2.00 bits per heavy atom. The Morgan fingerprint density at radius 1 is 1.39 bits per heavy atom. The summed E-state index contributed by atoms with van der Waals surface area (Å²) in [6.45, 7) is 2.84. The summed E-state index contributed by atoms with van der Waals surface area (Å²) in [6, 6.07) is 7.26. The zero-order valence-corrected chi connectivity index (χ0v) is 11.9. The van der Waals surface area contributed by atoms with Crippen molar-refractivity contribution in [1.29, 1.82) is 0 Å². The van der Waals surface area contributed by atoms with Gasteiger partial charge in [-0.05, 0) is 24.1 Å². The van der Waals surface area contributed by atoms with E-state index < -0.39 is 5.38 Å². The number of nitrogens with zero attached hydrogens (tertiary/aromatic N) is 1. The molecule has 1 aromatic carbocycles. The molecule has 0 aliphatic carbocycles. The molecule has 3 nitrogen and oxygen atoms in total. The third-order valence-corrected chi connectivity index (χ3v) is 3.29. The number of unbranched alkanes of at least 4 members (excludes halogenated alkanes) is 1. The van der Waals surface area contributed by atoms with Gasteiger partial charge in [0.1, 0.15) is 11.1 Å². The second-order valence-corrected chi connectivity index (χ2v) is 4.69. The van der Waals surface area contributed by atoms with Crippen LogP contribution < -0.4 is 4.74 Å². The van der Waals surface area contributed by atoms with Crippen molar-refractivity contribution in [2.75, 3.05) is 20.7 Å². The lowest BCUT2D eigenvalue weighted by molar-refractivity contribution is -0.129. The zero-order chi connectivity index (χ0) is 13.5. The molecule has 1 amide bonds. The van der Waals surface area contributed by atoms with E-state index in [-0.39, 0.29) is 5.91 Å². The van der Waals surface area contributed by atoms with E-state index in [1.165, 1.54) is 0 Å². The number of halogens is 1. The average molecular weight is 270 g/mol. The Bertz CT molecular complexity index is 378. The summed E-state index contributed by atoms with van der Waals surface area (Å²) in [5.74, 6) is 0.699. The molecule has 0 radical (unpaired) electrons. The SMILES string of the molecule is CCCCN(C)C(=O)C(Cl)c1ccc(OC)cc1. The van der Waals surface area contributed by atoms with Gasteiger partial charge in [0.25, 0.3) is 0 Å². The van der Waals surface area contributed by atoms with E-state index >= 15 is 0 Å². The quantitative estimate of drug-likeness (QED) is 0.742. The number of carbonyl (C=O) groups is 1.